The second-order valence-electron chi connectivity index (χ2n) is 8.32. The molecule has 1 aliphatic rings. The van der Waals surface area contributed by atoms with Crippen LogP contribution in [0.25, 0.3) is 0 Å². The second-order valence-corrected chi connectivity index (χ2v) is 10.7. The summed E-state index contributed by atoms with van der Waals surface area (Å²) < 4.78 is 38.3. The Morgan fingerprint density at radius 3 is 2.49 bits per heavy atom. The molecule has 190 valence electrons. The van der Waals surface area contributed by atoms with Crippen molar-refractivity contribution in [2.24, 2.45) is 0 Å². The minimum absolute atomic E-state index is 0.0444. The van der Waals surface area contributed by atoms with E-state index in [0.29, 0.717) is 36.8 Å². The molecule has 2 N–H and O–H groups in total. The average Bonchev–Trinajstić information content (AvgIpc) is 2.87. The summed E-state index contributed by atoms with van der Waals surface area (Å²) in [5, 5.41) is 5.65. The van der Waals surface area contributed by atoms with Crippen molar-refractivity contribution in [2.75, 3.05) is 32.2 Å². The molecule has 1 fully saturated rings. The molecule has 1 aliphatic carbocycles. The summed E-state index contributed by atoms with van der Waals surface area (Å²) >= 11 is 5.26. The number of carbonyl (C=O) groups is 1. The van der Waals surface area contributed by atoms with Crippen LogP contribution in [0.5, 0.6) is 5.75 Å². The van der Waals surface area contributed by atoms with Crippen molar-refractivity contribution in [3.05, 3.63) is 54.1 Å². The van der Waals surface area contributed by atoms with E-state index in [-0.39, 0.29) is 22.0 Å². The summed E-state index contributed by atoms with van der Waals surface area (Å²) in [5.41, 5.74) is 0.970. The van der Waals surface area contributed by atoms with E-state index >= 15 is 0 Å². The Balaban J connectivity index is 1.55. The van der Waals surface area contributed by atoms with Gasteiger partial charge < -0.3 is 14.8 Å². The first-order valence-corrected chi connectivity index (χ1v) is 13.7. The van der Waals surface area contributed by atoms with Gasteiger partial charge >= 0.3 is 0 Å². The average molecular weight is 520 g/mol. The molecule has 0 heterocycles. The zero-order valence-electron chi connectivity index (χ0n) is 20.2. The summed E-state index contributed by atoms with van der Waals surface area (Å²) in [6.45, 7) is 3.39. The molecule has 8 nitrogen and oxygen atoms in total. The molecule has 10 heteroatoms. The first kappa shape index (κ1) is 27.1. The van der Waals surface area contributed by atoms with Crippen LogP contribution in [0.2, 0.25) is 0 Å². The Bertz CT molecular complexity index is 1100. The van der Waals surface area contributed by atoms with E-state index in [0.717, 1.165) is 32.1 Å². The molecule has 0 unspecified atom stereocenters. The lowest BCUT2D eigenvalue weighted by molar-refractivity contribution is 0.0976. The molecule has 35 heavy (non-hydrogen) atoms. The second kappa shape index (κ2) is 13.0. The fraction of sp³-hybridized carbons (Fsp3) is 0.440. The van der Waals surface area contributed by atoms with Crippen molar-refractivity contribution in [3.63, 3.8) is 0 Å². The first-order chi connectivity index (χ1) is 16.8. The van der Waals surface area contributed by atoms with Gasteiger partial charge in [-0.15, -0.1) is 0 Å². The first-order valence-electron chi connectivity index (χ1n) is 11.8. The molecule has 0 radical (unpaired) electrons. The summed E-state index contributed by atoms with van der Waals surface area (Å²) in [6, 6.07) is 13.2. The van der Waals surface area contributed by atoms with Crippen LogP contribution in [0, 0.1) is 0 Å². The van der Waals surface area contributed by atoms with E-state index in [1.807, 2.05) is 6.92 Å². The summed E-state index contributed by atoms with van der Waals surface area (Å²) in [4.78, 5) is 12.8. The minimum Gasteiger partial charge on any atom is -0.491 e. The van der Waals surface area contributed by atoms with E-state index in [1.54, 1.807) is 55.6 Å². The highest BCUT2D eigenvalue weighted by Gasteiger charge is 2.28. The smallest absolute Gasteiger partial charge is 0.257 e. The van der Waals surface area contributed by atoms with E-state index in [4.69, 9.17) is 21.7 Å². The molecule has 3 rings (SSSR count). The number of amides is 1. The molecule has 0 bridgehead atoms. The Kier molecular flexibility index (Phi) is 10.0. The molecule has 0 aliphatic heterocycles. The predicted molar refractivity (Wildman–Crippen MR) is 140 cm³/mol. The number of hydrogen-bond donors (Lipinski definition) is 2. The van der Waals surface area contributed by atoms with Crippen molar-refractivity contribution in [2.45, 2.75) is 50.0 Å². The van der Waals surface area contributed by atoms with Gasteiger partial charge in [0.15, 0.2) is 5.11 Å². The Morgan fingerprint density at radius 1 is 1.09 bits per heavy atom. The van der Waals surface area contributed by atoms with Crippen molar-refractivity contribution in [1.29, 1.82) is 0 Å². The molecule has 2 aromatic rings. The van der Waals surface area contributed by atoms with Crippen molar-refractivity contribution >= 4 is 38.9 Å². The maximum Gasteiger partial charge on any atom is 0.257 e. The van der Waals surface area contributed by atoms with Gasteiger partial charge in [0.1, 0.15) is 12.4 Å². The molecular formula is C25H33N3O5S2. The highest BCUT2D eigenvalue weighted by molar-refractivity contribution is 7.89. The lowest BCUT2D eigenvalue weighted by Crippen LogP contribution is -2.38. The molecule has 0 spiro atoms. The zero-order chi connectivity index (χ0) is 25.3. The fourth-order valence-electron chi connectivity index (χ4n) is 3.94. The number of hydrogen-bond acceptors (Lipinski definition) is 6. The van der Waals surface area contributed by atoms with Gasteiger partial charge in [-0.05, 0) is 74.4 Å². The molecule has 0 saturated heterocycles. The monoisotopic (exact) mass is 519 g/mol. The fourth-order valence-corrected chi connectivity index (χ4v) is 5.57. The number of rotatable bonds is 10. The third-order valence-corrected chi connectivity index (χ3v) is 8.03. The van der Waals surface area contributed by atoms with Gasteiger partial charge in [-0.1, -0.05) is 25.3 Å². The van der Waals surface area contributed by atoms with Gasteiger partial charge in [0.05, 0.1) is 11.5 Å². The maximum atomic E-state index is 13.0. The van der Waals surface area contributed by atoms with Gasteiger partial charge in [0.2, 0.25) is 10.0 Å². The minimum atomic E-state index is -3.57. The van der Waals surface area contributed by atoms with Crippen LogP contribution in [0.4, 0.5) is 5.69 Å². The number of nitrogens with one attached hydrogen (secondary N) is 2. The molecule has 2 aromatic carbocycles. The maximum absolute atomic E-state index is 13.0. The van der Waals surface area contributed by atoms with Gasteiger partial charge in [-0.2, -0.15) is 4.31 Å². The van der Waals surface area contributed by atoms with Gasteiger partial charge in [0.25, 0.3) is 5.91 Å². The largest absolute Gasteiger partial charge is 0.491 e. The quantitative estimate of drug-likeness (QED) is 0.359. The van der Waals surface area contributed by atoms with Crippen LogP contribution in [0.1, 0.15) is 49.4 Å². The number of anilines is 1. The zero-order valence-corrected chi connectivity index (χ0v) is 21.8. The normalized spacial score (nSPS) is 14.5. The number of carbonyl (C=O) groups excluding carboxylic acids is 1. The van der Waals surface area contributed by atoms with Crippen LogP contribution < -0.4 is 15.4 Å². The predicted octanol–water partition coefficient (Wildman–Crippen LogP) is 4.18. The molecule has 0 aromatic heterocycles. The summed E-state index contributed by atoms with van der Waals surface area (Å²) in [7, 11) is -1.92. The highest BCUT2D eigenvalue weighted by atomic mass is 32.2. The van der Waals surface area contributed by atoms with Crippen molar-refractivity contribution in [1.82, 2.24) is 9.62 Å². The van der Waals surface area contributed by atoms with Gasteiger partial charge in [-0.3, -0.25) is 10.1 Å². The van der Waals surface area contributed by atoms with Crippen LogP contribution in [0.3, 0.4) is 0 Å². The lowest BCUT2D eigenvalue weighted by Gasteiger charge is -2.30. The number of thiocarbonyl (C=S) groups is 1. The van der Waals surface area contributed by atoms with Gasteiger partial charge in [0, 0.05) is 30.9 Å². The molecule has 0 atom stereocenters. The standard InChI is InChI=1S/C25H33N3O5S2/c1-3-32-16-17-33-22-11-7-8-19(18-22)24(29)27-25(34)26-20-12-14-23(15-13-20)35(30,31)28(2)21-9-5-4-6-10-21/h7-8,11-15,18,21H,3-6,9-10,16-17H2,1-2H3,(H2,26,27,29,34). The van der Waals surface area contributed by atoms with E-state index in [9.17, 15) is 13.2 Å². The van der Waals surface area contributed by atoms with E-state index in [1.165, 1.54) is 4.31 Å². The van der Waals surface area contributed by atoms with Crippen LogP contribution in [-0.4, -0.2) is 56.7 Å². The summed E-state index contributed by atoms with van der Waals surface area (Å²) in [6.07, 6.45) is 5.07. The van der Waals surface area contributed by atoms with Crippen molar-refractivity contribution < 1.29 is 22.7 Å². The number of nitrogens with zero attached hydrogens (tertiary/aromatic N) is 1. The molecule has 1 amide bonds. The van der Waals surface area contributed by atoms with E-state index < -0.39 is 10.0 Å². The Morgan fingerprint density at radius 2 is 1.80 bits per heavy atom. The topological polar surface area (TPSA) is 97.0 Å². The lowest BCUT2D eigenvalue weighted by atomic mass is 9.96. The van der Waals surface area contributed by atoms with E-state index in [2.05, 4.69) is 10.6 Å². The highest BCUT2D eigenvalue weighted by Crippen LogP contribution is 2.27. The molecule has 1 saturated carbocycles. The third kappa shape index (κ3) is 7.73. The van der Waals surface area contributed by atoms with Crippen LogP contribution in [-0.2, 0) is 14.8 Å². The SMILES string of the molecule is CCOCCOc1cccc(C(=O)NC(=S)Nc2ccc(S(=O)(=O)N(C)C3CCCCC3)cc2)c1. The van der Waals surface area contributed by atoms with Gasteiger partial charge in [-0.25, -0.2) is 8.42 Å². The Hall–Kier alpha value is -2.53. The number of benzene rings is 2. The third-order valence-electron chi connectivity index (χ3n) is 5.90. The number of ether oxygens (including phenoxy) is 2. The molecular weight excluding hydrogens is 486 g/mol. The summed E-state index contributed by atoms with van der Waals surface area (Å²) in [5.74, 6) is 0.178. The number of sulfonamides is 1. The van der Waals surface area contributed by atoms with Crippen LogP contribution >= 0.6 is 12.2 Å². The Labute approximate surface area is 213 Å². The van der Waals surface area contributed by atoms with Crippen molar-refractivity contribution in [3.8, 4) is 5.75 Å². The van der Waals surface area contributed by atoms with Crippen LogP contribution in [0.15, 0.2) is 53.4 Å².